The summed E-state index contributed by atoms with van der Waals surface area (Å²) in [4.78, 5) is 24.8. The Morgan fingerprint density at radius 3 is 2.47 bits per heavy atom. The standard InChI is InChI=1S/C24H16ClFN2O4/c1-31-22-13-15(10-11-21(22)32-24(30)17-6-2-3-7-18(17)25)12-16(14-27)23(29)28-20-9-5-4-8-19(20)26/h2-13H,1H3,(H,28,29)/b16-12+. The number of carbonyl (C=O) groups is 2. The molecule has 3 rings (SSSR count). The van der Waals surface area contributed by atoms with Crippen molar-refractivity contribution in [3.8, 4) is 17.6 Å². The van der Waals surface area contributed by atoms with E-state index in [1.807, 2.05) is 0 Å². The first-order valence-electron chi connectivity index (χ1n) is 9.25. The summed E-state index contributed by atoms with van der Waals surface area (Å²) in [5, 5.41) is 12.0. The van der Waals surface area contributed by atoms with E-state index < -0.39 is 17.7 Å². The van der Waals surface area contributed by atoms with Gasteiger partial charge in [-0.1, -0.05) is 41.9 Å². The van der Waals surface area contributed by atoms with Crippen molar-refractivity contribution in [2.24, 2.45) is 0 Å². The Labute approximate surface area is 188 Å². The predicted molar refractivity (Wildman–Crippen MR) is 118 cm³/mol. The quantitative estimate of drug-likeness (QED) is 0.240. The van der Waals surface area contributed by atoms with Gasteiger partial charge in [-0.3, -0.25) is 4.79 Å². The number of hydrogen-bond acceptors (Lipinski definition) is 5. The van der Waals surface area contributed by atoms with Crippen molar-refractivity contribution in [1.29, 1.82) is 5.26 Å². The topological polar surface area (TPSA) is 88.4 Å². The molecule has 3 aromatic carbocycles. The van der Waals surface area contributed by atoms with E-state index in [0.29, 0.717) is 5.56 Å². The third kappa shape index (κ3) is 5.31. The van der Waals surface area contributed by atoms with Crippen LogP contribution in [0.3, 0.4) is 0 Å². The van der Waals surface area contributed by atoms with E-state index >= 15 is 0 Å². The van der Waals surface area contributed by atoms with Crippen molar-refractivity contribution in [3.05, 3.63) is 94.3 Å². The molecule has 0 bridgehead atoms. The Morgan fingerprint density at radius 2 is 1.78 bits per heavy atom. The summed E-state index contributed by atoms with van der Waals surface area (Å²) in [5.41, 5.74) is 0.325. The van der Waals surface area contributed by atoms with Crippen LogP contribution in [-0.4, -0.2) is 19.0 Å². The third-order valence-corrected chi connectivity index (χ3v) is 4.61. The van der Waals surface area contributed by atoms with Crippen LogP contribution in [-0.2, 0) is 4.79 Å². The van der Waals surface area contributed by atoms with E-state index in [0.717, 1.165) is 0 Å². The van der Waals surface area contributed by atoms with Crippen molar-refractivity contribution in [2.45, 2.75) is 0 Å². The van der Waals surface area contributed by atoms with Crippen molar-refractivity contribution < 1.29 is 23.5 Å². The minimum atomic E-state index is -0.772. The predicted octanol–water partition coefficient (Wildman–Crippen LogP) is 5.25. The molecule has 32 heavy (non-hydrogen) atoms. The van der Waals surface area contributed by atoms with Crippen LogP contribution < -0.4 is 14.8 Å². The molecule has 0 spiro atoms. The number of nitriles is 1. The first-order chi connectivity index (χ1) is 15.4. The molecule has 1 amide bonds. The van der Waals surface area contributed by atoms with Gasteiger partial charge in [0.15, 0.2) is 11.5 Å². The maximum absolute atomic E-state index is 13.8. The fourth-order valence-corrected chi connectivity index (χ4v) is 2.92. The van der Waals surface area contributed by atoms with Gasteiger partial charge in [0.1, 0.15) is 17.5 Å². The van der Waals surface area contributed by atoms with Crippen LogP contribution in [0.15, 0.2) is 72.3 Å². The molecule has 0 unspecified atom stereocenters. The van der Waals surface area contributed by atoms with Crippen molar-refractivity contribution >= 4 is 35.2 Å². The SMILES string of the molecule is COc1cc(/C=C(\C#N)C(=O)Nc2ccccc2F)ccc1OC(=O)c1ccccc1Cl. The van der Waals surface area contributed by atoms with Crippen molar-refractivity contribution in [1.82, 2.24) is 0 Å². The summed E-state index contributed by atoms with van der Waals surface area (Å²) >= 11 is 6.02. The number of halogens is 2. The van der Waals surface area contributed by atoms with Gasteiger partial charge in [-0.25, -0.2) is 9.18 Å². The minimum Gasteiger partial charge on any atom is -0.493 e. The molecule has 0 heterocycles. The Kier molecular flexibility index (Phi) is 7.21. The molecule has 0 aliphatic rings. The molecule has 0 aromatic heterocycles. The van der Waals surface area contributed by atoms with Gasteiger partial charge in [0.05, 0.1) is 23.4 Å². The molecule has 0 aliphatic heterocycles. The van der Waals surface area contributed by atoms with E-state index in [2.05, 4.69) is 5.32 Å². The molecular weight excluding hydrogens is 435 g/mol. The van der Waals surface area contributed by atoms with Crippen LogP contribution in [0.25, 0.3) is 6.08 Å². The second-order valence-electron chi connectivity index (χ2n) is 6.38. The number of methoxy groups -OCH3 is 1. The molecule has 0 aliphatic carbocycles. The summed E-state index contributed by atoms with van der Waals surface area (Å²) < 4.78 is 24.4. The number of nitrogens with one attached hydrogen (secondary N) is 1. The molecule has 0 saturated carbocycles. The van der Waals surface area contributed by atoms with Crippen molar-refractivity contribution in [2.75, 3.05) is 12.4 Å². The van der Waals surface area contributed by atoms with Crippen molar-refractivity contribution in [3.63, 3.8) is 0 Å². The van der Waals surface area contributed by atoms with Crippen LogP contribution in [0.5, 0.6) is 11.5 Å². The highest BCUT2D eigenvalue weighted by atomic mass is 35.5. The fraction of sp³-hybridized carbons (Fsp3) is 0.0417. The first kappa shape index (κ1) is 22.5. The summed E-state index contributed by atoms with van der Waals surface area (Å²) in [7, 11) is 1.38. The Balaban J connectivity index is 1.82. The van der Waals surface area contributed by atoms with Gasteiger partial charge in [-0.15, -0.1) is 0 Å². The van der Waals surface area contributed by atoms with E-state index in [1.54, 1.807) is 30.3 Å². The van der Waals surface area contributed by atoms with Crippen LogP contribution in [0.4, 0.5) is 10.1 Å². The molecular formula is C24H16ClFN2O4. The lowest BCUT2D eigenvalue weighted by Gasteiger charge is -2.11. The van der Waals surface area contributed by atoms with Crippen LogP contribution >= 0.6 is 11.6 Å². The average molecular weight is 451 g/mol. The Morgan fingerprint density at radius 1 is 1.06 bits per heavy atom. The molecule has 8 heteroatoms. The highest BCUT2D eigenvalue weighted by Gasteiger charge is 2.16. The number of nitrogens with zero attached hydrogens (tertiary/aromatic N) is 1. The number of para-hydroxylation sites is 1. The largest absolute Gasteiger partial charge is 0.493 e. The number of rotatable bonds is 6. The van der Waals surface area contributed by atoms with Gasteiger partial charge >= 0.3 is 5.97 Å². The van der Waals surface area contributed by atoms with Gasteiger partial charge in [-0.2, -0.15) is 5.26 Å². The second kappa shape index (κ2) is 10.2. The van der Waals surface area contributed by atoms with Gasteiger partial charge in [0.25, 0.3) is 5.91 Å². The second-order valence-corrected chi connectivity index (χ2v) is 6.79. The lowest BCUT2D eigenvalue weighted by molar-refractivity contribution is -0.112. The summed E-state index contributed by atoms with van der Waals surface area (Å²) in [6.45, 7) is 0. The smallest absolute Gasteiger partial charge is 0.345 e. The lowest BCUT2D eigenvalue weighted by atomic mass is 10.1. The molecule has 0 fully saturated rings. The molecule has 1 N–H and O–H groups in total. The normalized spacial score (nSPS) is 10.8. The van der Waals surface area contributed by atoms with Crippen LogP contribution in [0.2, 0.25) is 5.02 Å². The zero-order valence-corrected chi connectivity index (χ0v) is 17.5. The van der Waals surface area contributed by atoms with Crippen LogP contribution in [0, 0.1) is 17.1 Å². The van der Waals surface area contributed by atoms with E-state index in [4.69, 9.17) is 21.1 Å². The maximum Gasteiger partial charge on any atom is 0.345 e. The molecule has 160 valence electrons. The average Bonchev–Trinajstić information content (AvgIpc) is 2.79. The highest BCUT2D eigenvalue weighted by Crippen LogP contribution is 2.30. The lowest BCUT2D eigenvalue weighted by Crippen LogP contribution is -2.14. The van der Waals surface area contributed by atoms with E-state index in [-0.39, 0.29) is 33.3 Å². The highest BCUT2D eigenvalue weighted by molar-refractivity contribution is 6.33. The van der Waals surface area contributed by atoms with Gasteiger partial charge < -0.3 is 14.8 Å². The summed E-state index contributed by atoms with van der Waals surface area (Å²) in [5.74, 6) is -1.73. The molecule has 6 nitrogen and oxygen atoms in total. The van der Waals surface area contributed by atoms with E-state index in [9.17, 15) is 19.2 Å². The minimum absolute atomic E-state index is 0.0435. The fourth-order valence-electron chi connectivity index (χ4n) is 2.71. The molecule has 0 saturated heterocycles. The number of ether oxygens (including phenoxy) is 2. The maximum atomic E-state index is 13.8. The number of hydrogen-bond donors (Lipinski definition) is 1. The summed E-state index contributed by atoms with van der Waals surface area (Å²) in [6, 6.07) is 18.3. The van der Waals surface area contributed by atoms with Gasteiger partial charge in [-0.05, 0) is 48.0 Å². The number of anilines is 1. The number of benzene rings is 3. The number of carbonyl (C=O) groups excluding carboxylic acids is 2. The Bertz CT molecular complexity index is 1250. The Hall–Kier alpha value is -4.15. The van der Waals surface area contributed by atoms with Crippen LogP contribution in [0.1, 0.15) is 15.9 Å². The zero-order valence-electron chi connectivity index (χ0n) is 16.8. The first-order valence-corrected chi connectivity index (χ1v) is 9.63. The zero-order chi connectivity index (χ0) is 23.1. The molecule has 3 aromatic rings. The number of amides is 1. The monoisotopic (exact) mass is 450 g/mol. The van der Waals surface area contributed by atoms with E-state index in [1.165, 1.54) is 55.7 Å². The van der Waals surface area contributed by atoms with Gasteiger partial charge in [0, 0.05) is 0 Å². The summed E-state index contributed by atoms with van der Waals surface area (Å²) in [6.07, 6.45) is 1.30. The third-order valence-electron chi connectivity index (χ3n) is 4.28. The molecule has 0 radical (unpaired) electrons. The number of esters is 1. The van der Waals surface area contributed by atoms with Gasteiger partial charge in [0.2, 0.25) is 0 Å². The molecule has 0 atom stereocenters.